The molecule has 0 radical (unpaired) electrons. The van der Waals surface area contributed by atoms with Crippen molar-refractivity contribution in [1.29, 1.82) is 0 Å². The Labute approximate surface area is 144 Å². The summed E-state index contributed by atoms with van der Waals surface area (Å²) in [6, 6.07) is 14.2. The van der Waals surface area contributed by atoms with Gasteiger partial charge in [-0.25, -0.2) is 4.98 Å². The van der Waals surface area contributed by atoms with Gasteiger partial charge in [0.05, 0.1) is 10.2 Å². The minimum absolute atomic E-state index is 0.0272. The third kappa shape index (κ3) is 2.55. The molecule has 0 bridgehead atoms. The van der Waals surface area contributed by atoms with Crippen molar-refractivity contribution in [2.24, 2.45) is 0 Å². The van der Waals surface area contributed by atoms with Gasteiger partial charge in [-0.3, -0.25) is 4.79 Å². The number of anilines is 1. The first-order chi connectivity index (χ1) is 11.6. The zero-order chi connectivity index (χ0) is 16.7. The average molecular weight is 332 g/mol. The third-order valence-electron chi connectivity index (χ3n) is 4.10. The number of carbonyl (C=O) groups is 1. The fourth-order valence-corrected chi connectivity index (χ4v) is 3.73. The summed E-state index contributed by atoms with van der Waals surface area (Å²) < 4.78 is 1.13. The predicted octanol–water partition coefficient (Wildman–Crippen LogP) is 4.50. The fraction of sp³-hybridized carbons (Fsp3) is 0.100. The Morgan fingerprint density at radius 1 is 1.08 bits per heavy atom. The van der Waals surface area contributed by atoms with Crippen LogP contribution in [0.4, 0.5) is 5.69 Å². The van der Waals surface area contributed by atoms with E-state index in [9.17, 15) is 4.79 Å². The van der Waals surface area contributed by atoms with Crippen molar-refractivity contribution in [2.75, 3.05) is 19.0 Å². The van der Waals surface area contributed by atoms with Crippen LogP contribution in [0.25, 0.3) is 27.9 Å². The molecular weight excluding hydrogens is 316 g/mol. The summed E-state index contributed by atoms with van der Waals surface area (Å²) in [4.78, 5) is 19.1. The maximum absolute atomic E-state index is 12.4. The molecule has 4 heteroatoms. The van der Waals surface area contributed by atoms with Gasteiger partial charge in [-0.15, -0.1) is 11.3 Å². The summed E-state index contributed by atoms with van der Waals surface area (Å²) in [7, 11) is 4.02. The van der Waals surface area contributed by atoms with Crippen molar-refractivity contribution in [1.82, 2.24) is 4.98 Å². The minimum Gasteiger partial charge on any atom is -0.378 e. The average Bonchev–Trinajstić information content (AvgIpc) is 2.99. The summed E-state index contributed by atoms with van der Waals surface area (Å²) in [6.45, 7) is 0. The molecule has 0 N–H and O–H groups in total. The van der Waals surface area contributed by atoms with E-state index >= 15 is 0 Å². The summed E-state index contributed by atoms with van der Waals surface area (Å²) in [5.41, 5.74) is 4.82. The second kappa shape index (κ2) is 5.73. The van der Waals surface area contributed by atoms with Crippen LogP contribution in [0.2, 0.25) is 0 Å². The molecule has 1 aliphatic rings. The van der Waals surface area contributed by atoms with E-state index in [1.807, 2.05) is 56.6 Å². The SMILES string of the molecule is CN(C)c1ccc2c(c1)C=CC(=O)C2=Cc1nc2ccccc2s1. The van der Waals surface area contributed by atoms with Crippen molar-refractivity contribution in [2.45, 2.75) is 0 Å². The molecule has 2 aromatic carbocycles. The Bertz CT molecular complexity index is 978. The normalized spacial score (nSPS) is 15.1. The molecule has 0 atom stereocenters. The molecule has 118 valence electrons. The summed E-state index contributed by atoms with van der Waals surface area (Å²) in [6.07, 6.45) is 5.44. The molecule has 0 amide bonds. The van der Waals surface area contributed by atoms with Gasteiger partial charge in [0.2, 0.25) is 0 Å². The smallest absolute Gasteiger partial charge is 0.186 e. The lowest BCUT2D eigenvalue weighted by Gasteiger charge is -2.18. The molecule has 1 aromatic heterocycles. The molecule has 0 unspecified atom stereocenters. The number of hydrogen-bond donors (Lipinski definition) is 0. The molecule has 0 spiro atoms. The van der Waals surface area contributed by atoms with Gasteiger partial charge in [0.25, 0.3) is 0 Å². The standard InChI is InChI=1S/C20H16N2OS/c1-22(2)14-8-9-15-13(11-14)7-10-18(23)16(15)12-20-21-17-5-3-4-6-19(17)24-20/h3-12H,1-2H3. The Hall–Kier alpha value is -2.72. The van der Waals surface area contributed by atoms with E-state index in [-0.39, 0.29) is 5.78 Å². The van der Waals surface area contributed by atoms with E-state index in [4.69, 9.17) is 0 Å². The van der Waals surface area contributed by atoms with E-state index in [1.54, 1.807) is 17.4 Å². The monoisotopic (exact) mass is 332 g/mol. The predicted molar refractivity (Wildman–Crippen MR) is 102 cm³/mol. The molecule has 1 heterocycles. The van der Waals surface area contributed by atoms with Crippen LogP contribution in [-0.2, 0) is 4.79 Å². The van der Waals surface area contributed by atoms with E-state index in [2.05, 4.69) is 22.0 Å². The zero-order valence-electron chi connectivity index (χ0n) is 13.5. The summed E-state index contributed by atoms with van der Waals surface area (Å²) >= 11 is 1.60. The van der Waals surface area contributed by atoms with Crippen LogP contribution in [-0.4, -0.2) is 24.9 Å². The molecule has 3 nitrogen and oxygen atoms in total. The van der Waals surface area contributed by atoms with Crippen LogP contribution in [0.15, 0.2) is 48.5 Å². The minimum atomic E-state index is 0.0272. The quantitative estimate of drug-likeness (QED) is 0.648. The number of rotatable bonds is 2. The van der Waals surface area contributed by atoms with Crippen molar-refractivity contribution in [3.8, 4) is 0 Å². The Morgan fingerprint density at radius 2 is 1.92 bits per heavy atom. The molecule has 0 saturated heterocycles. The van der Waals surface area contributed by atoms with Crippen LogP contribution in [0.1, 0.15) is 16.1 Å². The molecule has 4 rings (SSSR count). The van der Waals surface area contributed by atoms with E-state index in [1.165, 1.54) is 0 Å². The highest BCUT2D eigenvalue weighted by atomic mass is 32.1. The third-order valence-corrected chi connectivity index (χ3v) is 5.08. The number of benzene rings is 2. The maximum atomic E-state index is 12.4. The van der Waals surface area contributed by atoms with Crippen LogP contribution in [0.3, 0.4) is 0 Å². The molecule has 24 heavy (non-hydrogen) atoms. The highest BCUT2D eigenvalue weighted by molar-refractivity contribution is 7.19. The number of carbonyl (C=O) groups excluding carboxylic acids is 1. The van der Waals surface area contributed by atoms with Crippen molar-refractivity contribution in [3.63, 3.8) is 0 Å². The number of fused-ring (bicyclic) bond motifs is 2. The van der Waals surface area contributed by atoms with Crippen LogP contribution >= 0.6 is 11.3 Å². The van der Waals surface area contributed by atoms with Crippen molar-refractivity contribution < 1.29 is 4.79 Å². The second-order valence-electron chi connectivity index (χ2n) is 5.94. The maximum Gasteiger partial charge on any atom is 0.186 e. The molecule has 0 saturated carbocycles. The Morgan fingerprint density at radius 3 is 2.71 bits per heavy atom. The number of ketones is 1. The largest absolute Gasteiger partial charge is 0.378 e. The summed E-state index contributed by atoms with van der Waals surface area (Å²) in [5, 5.41) is 0.859. The van der Waals surface area contributed by atoms with Gasteiger partial charge in [0.1, 0.15) is 5.01 Å². The number of thiazole rings is 1. The molecule has 1 aliphatic carbocycles. The number of allylic oxidation sites excluding steroid dienone is 2. The first kappa shape index (κ1) is 14.8. The topological polar surface area (TPSA) is 33.2 Å². The van der Waals surface area contributed by atoms with Crippen LogP contribution in [0, 0.1) is 0 Å². The van der Waals surface area contributed by atoms with E-state index in [0.717, 1.165) is 32.0 Å². The van der Waals surface area contributed by atoms with Gasteiger partial charge >= 0.3 is 0 Å². The van der Waals surface area contributed by atoms with E-state index in [0.29, 0.717) is 5.57 Å². The Kier molecular flexibility index (Phi) is 3.54. The van der Waals surface area contributed by atoms with Crippen molar-refractivity contribution in [3.05, 3.63) is 64.7 Å². The molecule has 0 aliphatic heterocycles. The number of aromatic nitrogens is 1. The number of nitrogens with zero attached hydrogens (tertiary/aromatic N) is 2. The highest BCUT2D eigenvalue weighted by Gasteiger charge is 2.18. The second-order valence-corrected chi connectivity index (χ2v) is 7.00. The zero-order valence-corrected chi connectivity index (χ0v) is 14.3. The van der Waals surface area contributed by atoms with Gasteiger partial charge in [0.15, 0.2) is 5.78 Å². The number of hydrogen-bond acceptors (Lipinski definition) is 4. The first-order valence-electron chi connectivity index (χ1n) is 7.73. The Balaban J connectivity index is 1.83. The molecule has 3 aromatic rings. The summed E-state index contributed by atoms with van der Waals surface area (Å²) in [5.74, 6) is 0.0272. The van der Waals surface area contributed by atoms with E-state index < -0.39 is 0 Å². The first-order valence-corrected chi connectivity index (χ1v) is 8.55. The van der Waals surface area contributed by atoms with Crippen molar-refractivity contribution >= 4 is 50.7 Å². The number of para-hydroxylation sites is 1. The van der Waals surface area contributed by atoms with Gasteiger partial charge < -0.3 is 4.90 Å². The fourth-order valence-electron chi connectivity index (χ4n) is 2.82. The van der Waals surface area contributed by atoms with Gasteiger partial charge in [0, 0.05) is 25.4 Å². The van der Waals surface area contributed by atoms with Crippen LogP contribution < -0.4 is 4.90 Å². The van der Waals surface area contributed by atoms with Gasteiger partial charge in [-0.05, 0) is 47.5 Å². The lowest BCUT2D eigenvalue weighted by Crippen LogP contribution is -2.10. The molecule has 0 fully saturated rings. The van der Waals surface area contributed by atoms with Crippen LogP contribution in [0.5, 0.6) is 0 Å². The van der Waals surface area contributed by atoms with Gasteiger partial charge in [-0.2, -0.15) is 0 Å². The highest BCUT2D eigenvalue weighted by Crippen LogP contribution is 2.32. The lowest BCUT2D eigenvalue weighted by atomic mass is 9.90. The lowest BCUT2D eigenvalue weighted by molar-refractivity contribution is -0.109. The molecular formula is C20H16N2OS. The van der Waals surface area contributed by atoms with Gasteiger partial charge in [-0.1, -0.05) is 24.3 Å².